The summed E-state index contributed by atoms with van der Waals surface area (Å²) in [5, 5.41) is 10.1. The van der Waals surface area contributed by atoms with E-state index in [1.54, 1.807) is 0 Å². The zero-order valence-electron chi connectivity index (χ0n) is 15.4. The highest BCUT2D eigenvalue weighted by atomic mass is 16.5. The number of carbonyl (C=O) groups is 2. The minimum absolute atomic E-state index is 0.00760. The fourth-order valence-electron chi connectivity index (χ4n) is 6.30. The third kappa shape index (κ3) is 2.16. The Balaban J connectivity index is 1.82. The molecule has 1 heterocycles. The molecule has 1 spiro atoms. The second kappa shape index (κ2) is 5.29. The second-order valence-corrected chi connectivity index (χ2v) is 9.31. The Labute approximate surface area is 149 Å². The van der Waals surface area contributed by atoms with Gasteiger partial charge in [0, 0.05) is 11.8 Å². The summed E-state index contributed by atoms with van der Waals surface area (Å²) < 4.78 is 6.51. The van der Waals surface area contributed by atoms with Gasteiger partial charge < -0.3 is 9.84 Å². The summed E-state index contributed by atoms with van der Waals surface area (Å²) in [5.41, 5.74) is 0.679. The number of ketones is 1. The van der Waals surface area contributed by atoms with E-state index in [2.05, 4.69) is 26.8 Å². The van der Waals surface area contributed by atoms with Gasteiger partial charge in [-0.05, 0) is 55.1 Å². The number of hydrogen-bond acceptors (Lipinski definition) is 4. The number of allylic oxidation sites excluding steroid dienone is 1. The van der Waals surface area contributed by atoms with Crippen molar-refractivity contribution in [3.63, 3.8) is 0 Å². The predicted molar refractivity (Wildman–Crippen MR) is 93.7 cm³/mol. The average Bonchev–Trinajstić information content (AvgIpc) is 2.89. The molecule has 4 aliphatic rings. The number of rotatable bonds is 1. The van der Waals surface area contributed by atoms with Crippen molar-refractivity contribution in [3.05, 3.63) is 23.0 Å². The lowest BCUT2D eigenvalue weighted by Gasteiger charge is -2.60. The maximum Gasteiger partial charge on any atom is 0.198 e. The first-order valence-electron chi connectivity index (χ1n) is 9.57. The van der Waals surface area contributed by atoms with Gasteiger partial charge in [-0.2, -0.15) is 0 Å². The molecular weight excluding hydrogens is 316 g/mol. The van der Waals surface area contributed by atoms with Gasteiger partial charge in [-0.3, -0.25) is 9.59 Å². The molecule has 136 valence electrons. The summed E-state index contributed by atoms with van der Waals surface area (Å²) in [7, 11) is 0. The highest BCUT2D eigenvalue weighted by molar-refractivity contribution is 6.15. The van der Waals surface area contributed by atoms with Gasteiger partial charge in [0.1, 0.15) is 23.0 Å². The van der Waals surface area contributed by atoms with Crippen LogP contribution in [0, 0.1) is 16.7 Å². The Morgan fingerprint density at radius 2 is 1.96 bits per heavy atom. The first-order valence-corrected chi connectivity index (χ1v) is 9.57. The SMILES string of the molecule is CC1(C)CCCC2(C)C1CCCC21C=C2CC(O)C(=O)C(C=O)=C2O1. The van der Waals surface area contributed by atoms with E-state index in [9.17, 15) is 14.7 Å². The van der Waals surface area contributed by atoms with Crippen LogP contribution in [0.25, 0.3) is 0 Å². The molecule has 0 aromatic rings. The Morgan fingerprint density at radius 1 is 1.20 bits per heavy atom. The van der Waals surface area contributed by atoms with Gasteiger partial charge in [0.25, 0.3) is 0 Å². The molecule has 4 unspecified atom stereocenters. The van der Waals surface area contributed by atoms with Gasteiger partial charge in [0.15, 0.2) is 12.1 Å². The first-order chi connectivity index (χ1) is 11.7. The molecule has 4 atom stereocenters. The van der Waals surface area contributed by atoms with E-state index in [1.807, 2.05) is 0 Å². The van der Waals surface area contributed by atoms with E-state index in [4.69, 9.17) is 4.74 Å². The number of aliphatic hydroxyl groups is 1. The average molecular weight is 344 g/mol. The molecule has 2 saturated carbocycles. The Hall–Kier alpha value is -1.42. The van der Waals surface area contributed by atoms with E-state index in [0.29, 0.717) is 18.0 Å². The minimum atomic E-state index is -1.12. The zero-order valence-corrected chi connectivity index (χ0v) is 15.4. The maximum absolute atomic E-state index is 12.2. The maximum atomic E-state index is 12.2. The number of aldehydes is 1. The second-order valence-electron chi connectivity index (χ2n) is 9.31. The van der Waals surface area contributed by atoms with Crippen LogP contribution in [-0.2, 0) is 14.3 Å². The lowest BCUT2D eigenvalue weighted by atomic mass is 9.47. The Morgan fingerprint density at radius 3 is 2.68 bits per heavy atom. The molecule has 4 rings (SSSR count). The van der Waals surface area contributed by atoms with Crippen molar-refractivity contribution >= 4 is 12.1 Å². The van der Waals surface area contributed by atoms with Crippen molar-refractivity contribution in [2.75, 3.05) is 0 Å². The van der Waals surface area contributed by atoms with Crippen LogP contribution in [0.4, 0.5) is 0 Å². The highest BCUT2D eigenvalue weighted by Gasteiger charge is 2.62. The molecule has 0 aromatic heterocycles. The van der Waals surface area contributed by atoms with Crippen molar-refractivity contribution in [2.45, 2.75) is 77.4 Å². The van der Waals surface area contributed by atoms with Crippen molar-refractivity contribution in [1.82, 2.24) is 0 Å². The molecule has 0 aromatic carbocycles. The van der Waals surface area contributed by atoms with Crippen LogP contribution in [0.15, 0.2) is 23.0 Å². The number of hydrogen-bond donors (Lipinski definition) is 1. The summed E-state index contributed by atoms with van der Waals surface area (Å²) in [5.74, 6) is 0.497. The van der Waals surface area contributed by atoms with Crippen LogP contribution in [0.5, 0.6) is 0 Å². The lowest BCUT2D eigenvalue weighted by molar-refractivity contribution is -0.161. The smallest absolute Gasteiger partial charge is 0.198 e. The van der Waals surface area contributed by atoms with Crippen molar-refractivity contribution in [2.24, 2.45) is 16.7 Å². The van der Waals surface area contributed by atoms with Gasteiger partial charge in [0.05, 0.1) is 0 Å². The number of ether oxygens (including phenoxy) is 1. The predicted octanol–water partition coefficient (Wildman–Crippen LogP) is 3.49. The van der Waals surface area contributed by atoms with E-state index in [0.717, 1.165) is 24.8 Å². The summed E-state index contributed by atoms with van der Waals surface area (Å²) in [6.45, 7) is 7.07. The lowest BCUT2D eigenvalue weighted by Crippen LogP contribution is -2.58. The van der Waals surface area contributed by atoms with Crippen LogP contribution in [0.2, 0.25) is 0 Å². The standard InChI is InChI=1S/C21H28O4/c1-19(2)7-5-8-20(3)16(19)6-4-9-21(20)11-13-10-15(23)17(24)14(12-22)18(13)25-21/h11-12,15-16,23H,4-10H2,1-3H3. The Bertz CT molecular complexity index is 701. The normalized spacial score (nSPS) is 42.6. The van der Waals surface area contributed by atoms with Crippen LogP contribution in [0.1, 0.15) is 65.7 Å². The zero-order chi connectivity index (χ0) is 18.0. The molecule has 0 amide bonds. The molecule has 1 N–H and O–H groups in total. The number of aliphatic hydroxyl groups excluding tert-OH is 1. The van der Waals surface area contributed by atoms with Gasteiger partial charge in [-0.1, -0.05) is 27.2 Å². The molecule has 4 nitrogen and oxygen atoms in total. The number of carbonyl (C=O) groups excluding carboxylic acids is 2. The molecule has 4 heteroatoms. The van der Waals surface area contributed by atoms with Gasteiger partial charge in [-0.25, -0.2) is 0 Å². The van der Waals surface area contributed by atoms with Crippen LogP contribution in [0.3, 0.4) is 0 Å². The molecule has 3 aliphatic carbocycles. The van der Waals surface area contributed by atoms with E-state index in [1.165, 1.54) is 19.3 Å². The van der Waals surface area contributed by atoms with Crippen molar-refractivity contribution < 1.29 is 19.4 Å². The van der Waals surface area contributed by atoms with E-state index < -0.39 is 17.5 Å². The van der Waals surface area contributed by atoms with Crippen LogP contribution in [-0.4, -0.2) is 28.9 Å². The highest BCUT2D eigenvalue weighted by Crippen LogP contribution is 2.65. The minimum Gasteiger partial charge on any atom is -0.481 e. The quantitative estimate of drug-likeness (QED) is 0.584. The summed E-state index contributed by atoms with van der Waals surface area (Å²) in [4.78, 5) is 23.7. The molecule has 2 fully saturated rings. The topological polar surface area (TPSA) is 63.6 Å². The summed E-state index contributed by atoms with van der Waals surface area (Å²) >= 11 is 0. The fraction of sp³-hybridized carbons (Fsp3) is 0.714. The molecule has 0 radical (unpaired) electrons. The van der Waals surface area contributed by atoms with Crippen molar-refractivity contribution in [1.29, 1.82) is 0 Å². The number of fused-ring (bicyclic) bond motifs is 3. The van der Waals surface area contributed by atoms with Crippen LogP contribution >= 0.6 is 0 Å². The third-order valence-corrected chi connectivity index (χ3v) is 7.56. The van der Waals surface area contributed by atoms with Crippen molar-refractivity contribution in [3.8, 4) is 0 Å². The first kappa shape index (κ1) is 17.0. The largest absolute Gasteiger partial charge is 0.481 e. The molecule has 0 saturated heterocycles. The third-order valence-electron chi connectivity index (χ3n) is 7.56. The summed E-state index contributed by atoms with van der Waals surface area (Å²) in [6, 6.07) is 0. The fourth-order valence-corrected chi connectivity index (χ4v) is 6.30. The molecule has 25 heavy (non-hydrogen) atoms. The molecule has 0 bridgehead atoms. The van der Waals surface area contributed by atoms with Gasteiger partial charge in [-0.15, -0.1) is 0 Å². The Kier molecular flexibility index (Phi) is 3.60. The van der Waals surface area contributed by atoms with E-state index in [-0.39, 0.29) is 22.8 Å². The summed E-state index contributed by atoms with van der Waals surface area (Å²) in [6.07, 6.45) is 8.59. The van der Waals surface area contributed by atoms with Gasteiger partial charge >= 0.3 is 0 Å². The van der Waals surface area contributed by atoms with E-state index >= 15 is 0 Å². The van der Waals surface area contributed by atoms with Crippen LogP contribution < -0.4 is 0 Å². The number of Topliss-reactive ketones (excluding diaryl/α,β-unsaturated/α-hetero) is 1. The molecule has 1 aliphatic heterocycles. The molecular formula is C21H28O4. The van der Waals surface area contributed by atoms with Gasteiger partial charge in [0.2, 0.25) is 0 Å². The monoisotopic (exact) mass is 344 g/mol.